The second-order valence-electron chi connectivity index (χ2n) is 6.17. The van der Waals surface area contributed by atoms with Gasteiger partial charge in [-0.05, 0) is 31.2 Å². The van der Waals surface area contributed by atoms with Gasteiger partial charge in [0.15, 0.2) is 0 Å². The van der Waals surface area contributed by atoms with E-state index in [0.29, 0.717) is 13.2 Å². The summed E-state index contributed by atoms with van der Waals surface area (Å²) in [5, 5.41) is 2.79. The Balaban J connectivity index is 1.40. The largest absolute Gasteiger partial charge is 0.493 e. The minimum absolute atomic E-state index is 0.134. The van der Waals surface area contributed by atoms with Gasteiger partial charge in [-0.2, -0.15) is 0 Å². The van der Waals surface area contributed by atoms with Crippen molar-refractivity contribution in [3.63, 3.8) is 0 Å². The van der Waals surface area contributed by atoms with E-state index in [9.17, 15) is 9.59 Å². The zero-order valence-electron chi connectivity index (χ0n) is 14.7. The lowest BCUT2D eigenvalue weighted by Crippen LogP contribution is -2.35. The highest BCUT2D eigenvalue weighted by Crippen LogP contribution is 2.21. The van der Waals surface area contributed by atoms with Crippen LogP contribution < -0.4 is 15.0 Å². The van der Waals surface area contributed by atoms with Crippen LogP contribution >= 0.6 is 0 Å². The molecule has 2 aromatic carbocycles. The standard InChI is InChI=1S/C20H22N2O4/c1-15-7-9-16(10-8-15)22-14-18(26-20(22)24)13-21-19(23)11-12-25-17-5-3-2-4-6-17/h2-10,18H,11-14H2,1H3,(H,21,23). The molecule has 136 valence electrons. The average molecular weight is 354 g/mol. The van der Waals surface area contributed by atoms with Crippen LogP contribution in [0.25, 0.3) is 0 Å². The van der Waals surface area contributed by atoms with Crippen molar-refractivity contribution in [3.8, 4) is 5.75 Å². The van der Waals surface area contributed by atoms with Crippen LogP contribution in [-0.4, -0.2) is 37.8 Å². The van der Waals surface area contributed by atoms with Gasteiger partial charge in [0, 0.05) is 5.69 Å². The molecule has 1 atom stereocenters. The number of aryl methyl sites for hydroxylation is 1. The van der Waals surface area contributed by atoms with Crippen LogP contribution in [0, 0.1) is 6.92 Å². The predicted octanol–water partition coefficient (Wildman–Crippen LogP) is 2.91. The third kappa shape index (κ3) is 4.75. The summed E-state index contributed by atoms with van der Waals surface area (Å²) in [6, 6.07) is 17.0. The Morgan fingerprint density at radius 3 is 2.65 bits per heavy atom. The van der Waals surface area contributed by atoms with Crippen molar-refractivity contribution in [2.75, 3.05) is 24.6 Å². The molecule has 1 aliphatic rings. The molecule has 1 saturated heterocycles. The number of carbonyl (C=O) groups is 2. The minimum atomic E-state index is -0.388. The number of hydrogen-bond acceptors (Lipinski definition) is 4. The summed E-state index contributed by atoms with van der Waals surface area (Å²) in [7, 11) is 0. The van der Waals surface area contributed by atoms with Gasteiger partial charge < -0.3 is 14.8 Å². The maximum absolute atomic E-state index is 12.0. The summed E-state index contributed by atoms with van der Waals surface area (Å²) in [5.41, 5.74) is 1.92. The van der Waals surface area contributed by atoms with Gasteiger partial charge in [-0.1, -0.05) is 35.9 Å². The molecular formula is C20H22N2O4. The van der Waals surface area contributed by atoms with Crippen LogP contribution in [0.15, 0.2) is 54.6 Å². The molecule has 1 unspecified atom stereocenters. The number of hydrogen-bond donors (Lipinski definition) is 1. The Morgan fingerprint density at radius 2 is 1.92 bits per heavy atom. The van der Waals surface area contributed by atoms with Gasteiger partial charge in [0.1, 0.15) is 11.9 Å². The summed E-state index contributed by atoms with van der Waals surface area (Å²) in [4.78, 5) is 25.5. The maximum atomic E-state index is 12.0. The fourth-order valence-electron chi connectivity index (χ4n) is 2.66. The molecule has 0 aliphatic carbocycles. The number of ether oxygens (including phenoxy) is 2. The first kappa shape index (κ1) is 17.8. The molecule has 2 aromatic rings. The van der Waals surface area contributed by atoms with Crippen LogP contribution in [0.5, 0.6) is 5.75 Å². The molecule has 6 heteroatoms. The lowest BCUT2D eigenvalue weighted by Gasteiger charge is -2.13. The van der Waals surface area contributed by atoms with Crippen molar-refractivity contribution in [2.24, 2.45) is 0 Å². The van der Waals surface area contributed by atoms with E-state index in [1.807, 2.05) is 61.5 Å². The van der Waals surface area contributed by atoms with Crippen molar-refractivity contribution in [2.45, 2.75) is 19.4 Å². The molecule has 26 heavy (non-hydrogen) atoms. The molecule has 0 spiro atoms. The minimum Gasteiger partial charge on any atom is -0.493 e. The van der Waals surface area contributed by atoms with E-state index in [2.05, 4.69) is 5.32 Å². The Hall–Kier alpha value is -3.02. The van der Waals surface area contributed by atoms with Crippen molar-refractivity contribution >= 4 is 17.7 Å². The highest BCUT2D eigenvalue weighted by molar-refractivity contribution is 5.89. The van der Waals surface area contributed by atoms with E-state index in [-0.39, 0.29) is 31.1 Å². The quantitative estimate of drug-likeness (QED) is 0.830. The van der Waals surface area contributed by atoms with Gasteiger partial charge in [0.05, 0.1) is 26.1 Å². The normalized spacial score (nSPS) is 16.3. The molecule has 3 rings (SSSR count). The van der Waals surface area contributed by atoms with E-state index in [1.54, 1.807) is 4.90 Å². The monoisotopic (exact) mass is 354 g/mol. The molecule has 2 amide bonds. The highest BCUT2D eigenvalue weighted by Gasteiger charge is 2.32. The summed E-state index contributed by atoms with van der Waals surface area (Å²) < 4.78 is 10.8. The average Bonchev–Trinajstić information content (AvgIpc) is 3.02. The fraction of sp³-hybridized carbons (Fsp3) is 0.300. The number of rotatable bonds is 7. The number of anilines is 1. The van der Waals surface area contributed by atoms with Gasteiger partial charge >= 0.3 is 6.09 Å². The first-order chi connectivity index (χ1) is 12.6. The topological polar surface area (TPSA) is 67.9 Å². The second kappa shape index (κ2) is 8.38. The van der Waals surface area contributed by atoms with Gasteiger partial charge in [-0.15, -0.1) is 0 Å². The molecule has 0 aromatic heterocycles. The maximum Gasteiger partial charge on any atom is 0.414 e. The predicted molar refractivity (Wildman–Crippen MR) is 98.4 cm³/mol. The lowest BCUT2D eigenvalue weighted by molar-refractivity contribution is -0.121. The van der Waals surface area contributed by atoms with E-state index in [1.165, 1.54) is 0 Å². The summed E-state index contributed by atoms with van der Waals surface area (Å²) >= 11 is 0. The van der Waals surface area contributed by atoms with Crippen LogP contribution in [0.4, 0.5) is 10.5 Å². The van der Waals surface area contributed by atoms with E-state index in [0.717, 1.165) is 17.0 Å². The zero-order chi connectivity index (χ0) is 18.4. The molecule has 1 aliphatic heterocycles. The molecule has 1 heterocycles. The molecule has 1 fully saturated rings. The molecule has 0 bridgehead atoms. The molecular weight excluding hydrogens is 332 g/mol. The Morgan fingerprint density at radius 1 is 1.19 bits per heavy atom. The number of cyclic esters (lactones) is 1. The van der Waals surface area contributed by atoms with Crippen molar-refractivity contribution in [3.05, 3.63) is 60.2 Å². The first-order valence-corrected chi connectivity index (χ1v) is 8.61. The van der Waals surface area contributed by atoms with E-state index in [4.69, 9.17) is 9.47 Å². The van der Waals surface area contributed by atoms with E-state index < -0.39 is 0 Å². The van der Waals surface area contributed by atoms with Crippen molar-refractivity contribution < 1.29 is 19.1 Å². The lowest BCUT2D eigenvalue weighted by atomic mass is 10.2. The van der Waals surface area contributed by atoms with E-state index >= 15 is 0 Å². The van der Waals surface area contributed by atoms with Gasteiger partial charge in [-0.25, -0.2) is 4.79 Å². The van der Waals surface area contributed by atoms with Crippen LogP contribution in [0.1, 0.15) is 12.0 Å². The van der Waals surface area contributed by atoms with Crippen LogP contribution in [-0.2, 0) is 9.53 Å². The van der Waals surface area contributed by atoms with Gasteiger partial charge in [0.25, 0.3) is 0 Å². The highest BCUT2D eigenvalue weighted by atomic mass is 16.6. The molecule has 0 saturated carbocycles. The van der Waals surface area contributed by atoms with Gasteiger partial charge in [-0.3, -0.25) is 9.69 Å². The smallest absolute Gasteiger partial charge is 0.414 e. The Kier molecular flexibility index (Phi) is 5.73. The third-order valence-electron chi connectivity index (χ3n) is 4.09. The van der Waals surface area contributed by atoms with Crippen molar-refractivity contribution in [1.82, 2.24) is 5.32 Å². The SMILES string of the molecule is Cc1ccc(N2CC(CNC(=O)CCOc3ccccc3)OC2=O)cc1. The van der Waals surface area contributed by atoms with Crippen molar-refractivity contribution in [1.29, 1.82) is 0 Å². The summed E-state index contributed by atoms with van der Waals surface area (Å²) in [6.45, 7) is 3.00. The van der Waals surface area contributed by atoms with Crippen LogP contribution in [0.2, 0.25) is 0 Å². The van der Waals surface area contributed by atoms with Crippen LogP contribution in [0.3, 0.4) is 0 Å². The second-order valence-corrected chi connectivity index (χ2v) is 6.17. The number of amides is 2. The number of para-hydroxylation sites is 1. The Bertz CT molecular complexity index is 746. The third-order valence-corrected chi connectivity index (χ3v) is 4.09. The Labute approximate surface area is 152 Å². The molecule has 6 nitrogen and oxygen atoms in total. The zero-order valence-corrected chi connectivity index (χ0v) is 14.7. The number of nitrogens with one attached hydrogen (secondary N) is 1. The first-order valence-electron chi connectivity index (χ1n) is 8.61. The number of nitrogens with zero attached hydrogens (tertiary/aromatic N) is 1. The van der Waals surface area contributed by atoms with Gasteiger partial charge in [0.2, 0.25) is 5.91 Å². The summed E-state index contributed by atoms with van der Waals surface area (Å²) in [5.74, 6) is 0.601. The number of benzene rings is 2. The fourth-order valence-corrected chi connectivity index (χ4v) is 2.66. The molecule has 0 radical (unpaired) electrons. The molecule has 1 N–H and O–H groups in total. The summed E-state index contributed by atoms with van der Waals surface area (Å²) in [6.07, 6.45) is -0.500. The number of carbonyl (C=O) groups excluding carboxylic acids is 2.